The molecule has 0 fully saturated rings. The molecule has 3 heterocycles. The van der Waals surface area contributed by atoms with Crippen molar-refractivity contribution in [2.45, 2.75) is 24.5 Å². The second-order valence-corrected chi connectivity index (χ2v) is 8.30. The summed E-state index contributed by atoms with van der Waals surface area (Å²) in [7, 11) is -3.43. The van der Waals surface area contributed by atoms with E-state index in [1.54, 1.807) is 22.8 Å². The van der Waals surface area contributed by atoms with Gasteiger partial charge >= 0.3 is 0 Å². The minimum absolute atomic E-state index is 0.116. The van der Waals surface area contributed by atoms with Crippen molar-refractivity contribution >= 4 is 32.7 Å². The number of sulfonamides is 1. The molecule has 0 saturated heterocycles. The lowest BCUT2D eigenvalue weighted by atomic mass is 10.1. The highest BCUT2D eigenvalue weighted by atomic mass is 32.2. The summed E-state index contributed by atoms with van der Waals surface area (Å²) in [6, 6.07) is 3.55. The van der Waals surface area contributed by atoms with Crippen molar-refractivity contribution in [3.05, 3.63) is 38.2 Å². The van der Waals surface area contributed by atoms with Crippen LogP contribution in [-0.4, -0.2) is 24.4 Å². The summed E-state index contributed by atoms with van der Waals surface area (Å²) in [6.07, 6.45) is 0.781. The van der Waals surface area contributed by atoms with Gasteiger partial charge in [-0.3, -0.25) is 0 Å². The standard InChI is InChI=1S/C12H13NO3S3/c14-7-10-5-11(8-18-10)19(15,16)13-3-1-12-9(6-13)2-4-17-12/h2,4-5,8,14H,1,3,6-7H2. The molecular formula is C12H13NO3S3. The molecule has 2 aromatic rings. The fraction of sp³-hybridized carbons (Fsp3) is 0.333. The maximum absolute atomic E-state index is 12.5. The van der Waals surface area contributed by atoms with E-state index in [0.717, 1.165) is 12.0 Å². The van der Waals surface area contributed by atoms with Gasteiger partial charge in [-0.1, -0.05) is 0 Å². The number of fused-ring (bicyclic) bond motifs is 1. The molecule has 1 aliphatic rings. The summed E-state index contributed by atoms with van der Waals surface area (Å²) in [5, 5.41) is 12.6. The van der Waals surface area contributed by atoms with Crippen molar-refractivity contribution in [2.75, 3.05) is 6.54 Å². The normalized spacial score (nSPS) is 16.5. The Morgan fingerprint density at radius 1 is 1.37 bits per heavy atom. The fourth-order valence-corrected chi connectivity index (χ4v) is 5.59. The third-order valence-corrected chi connectivity index (χ3v) is 7.11. The first kappa shape index (κ1) is 13.3. The van der Waals surface area contributed by atoms with Gasteiger partial charge in [0, 0.05) is 28.2 Å². The SMILES string of the molecule is O=S(=O)(c1csc(CO)c1)N1CCc2sccc2C1. The average Bonchev–Trinajstić information content (AvgIpc) is 3.06. The molecule has 3 rings (SSSR count). The van der Waals surface area contributed by atoms with Gasteiger partial charge in [0.2, 0.25) is 10.0 Å². The predicted molar refractivity (Wildman–Crippen MR) is 75.9 cm³/mol. The maximum atomic E-state index is 12.5. The van der Waals surface area contributed by atoms with E-state index in [0.29, 0.717) is 22.9 Å². The molecular weight excluding hydrogens is 302 g/mol. The van der Waals surface area contributed by atoms with Gasteiger partial charge in [-0.15, -0.1) is 22.7 Å². The Labute approximate surface area is 120 Å². The molecule has 2 aromatic heterocycles. The molecule has 1 N–H and O–H groups in total. The summed E-state index contributed by atoms with van der Waals surface area (Å²) < 4.78 is 26.5. The zero-order valence-electron chi connectivity index (χ0n) is 10.1. The summed E-state index contributed by atoms with van der Waals surface area (Å²) in [5.74, 6) is 0. The van der Waals surface area contributed by atoms with Crippen LogP contribution >= 0.6 is 22.7 Å². The molecule has 4 nitrogen and oxygen atoms in total. The van der Waals surface area contributed by atoms with Crippen LogP contribution in [0.1, 0.15) is 15.3 Å². The molecule has 0 spiro atoms. The van der Waals surface area contributed by atoms with E-state index in [4.69, 9.17) is 5.11 Å². The molecule has 1 aliphatic heterocycles. The lowest BCUT2D eigenvalue weighted by molar-refractivity contribution is 0.285. The lowest BCUT2D eigenvalue weighted by Gasteiger charge is -2.25. The quantitative estimate of drug-likeness (QED) is 0.943. The monoisotopic (exact) mass is 315 g/mol. The molecule has 0 aliphatic carbocycles. The number of rotatable bonds is 3. The first-order valence-electron chi connectivity index (χ1n) is 5.85. The van der Waals surface area contributed by atoms with Crippen LogP contribution in [0.15, 0.2) is 27.8 Å². The van der Waals surface area contributed by atoms with E-state index < -0.39 is 10.0 Å². The van der Waals surface area contributed by atoms with Crippen molar-refractivity contribution in [3.63, 3.8) is 0 Å². The van der Waals surface area contributed by atoms with Crippen LogP contribution in [0.5, 0.6) is 0 Å². The molecule has 19 heavy (non-hydrogen) atoms. The topological polar surface area (TPSA) is 57.6 Å². The van der Waals surface area contributed by atoms with Gasteiger partial charge in [0.25, 0.3) is 0 Å². The van der Waals surface area contributed by atoms with Crippen LogP contribution in [0, 0.1) is 0 Å². The average molecular weight is 315 g/mol. The Morgan fingerprint density at radius 3 is 2.95 bits per heavy atom. The predicted octanol–water partition coefficient (Wildman–Crippen LogP) is 2.05. The molecule has 0 bridgehead atoms. The molecule has 0 aromatic carbocycles. The first-order valence-corrected chi connectivity index (χ1v) is 9.05. The summed E-state index contributed by atoms with van der Waals surface area (Å²) in [5.41, 5.74) is 1.11. The number of hydrogen-bond acceptors (Lipinski definition) is 5. The van der Waals surface area contributed by atoms with Crippen LogP contribution in [0.3, 0.4) is 0 Å². The van der Waals surface area contributed by atoms with Crippen LogP contribution in [0.4, 0.5) is 0 Å². The minimum atomic E-state index is -3.43. The second-order valence-electron chi connectivity index (χ2n) is 4.36. The molecule has 0 radical (unpaired) electrons. The Kier molecular flexibility index (Phi) is 3.48. The van der Waals surface area contributed by atoms with Crippen molar-refractivity contribution in [1.29, 1.82) is 0 Å². The van der Waals surface area contributed by atoms with E-state index in [1.165, 1.54) is 20.5 Å². The highest BCUT2D eigenvalue weighted by Crippen LogP contribution is 2.29. The Bertz CT molecular complexity index is 687. The van der Waals surface area contributed by atoms with Crippen LogP contribution in [0.2, 0.25) is 0 Å². The summed E-state index contributed by atoms with van der Waals surface area (Å²) in [4.78, 5) is 2.25. The summed E-state index contributed by atoms with van der Waals surface area (Å²) >= 11 is 2.96. The van der Waals surface area contributed by atoms with Gasteiger partial charge in [-0.2, -0.15) is 4.31 Å². The number of thiophene rings is 2. The second kappa shape index (κ2) is 4.99. The van der Waals surface area contributed by atoms with Gasteiger partial charge < -0.3 is 5.11 Å². The number of hydrogen-bond donors (Lipinski definition) is 1. The largest absolute Gasteiger partial charge is 0.391 e. The highest BCUT2D eigenvalue weighted by Gasteiger charge is 2.29. The Balaban J connectivity index is 1.89. The smallest absolute Gasteiger partial charge is 0.244 e. The van der Waals surface area contributed by atoms with E-state index >= 15 is 0 Å². The van der Waals surface area contributed by atoms with Crippen LogP contribution < -0.4 is 0 Å². The van der Waals surface area contributed by atoms with Crippen molar-refractivity contribution in [2.24, 2.45) is 0 Å². The molecule has 0 unspecified atom stereocenters. The van der Waals surface area contributed by atoms with Crippen molar-refractivity contribution < 1.29 is 13.5 Å². The maximum Gasteiger partial charge on any atom is 0.244 e. The zero-order valence-corrected chi connectivity index (χ0v) is 12.5. The lowest BCUT2D eigenvalue weighted by Crippen LogP contribution is -2.35. The van der Waals surface area contributed by atoms with Crippen molar-refractivity contribution in [1.82, 2.24) is 4.31 Å². The van der Waals surface area contributed by atoms with E-state index in [1.807, 2.05) is 11.4 Å². The van der Waals surface area contributed by atoms with E-state index in [-0.39, 0.29) is 6.61 Å². The van der Waals surface area contributed by atoms with E-state index in [9.17, 15) is 8.42 Å². The van der Waals surface area contributed by atoms with Crippen LogP contribution in [-0.2, 0) is 29.6 Å². The number of aliphatic hydroxyl groups excluding tert-OH is 1. The van der Waals surface area contributed by atoms with Gasteiger partial charge in [0.05, 0.1) is 11.5 Å². The van der Waals surface area contributed by atoms with Gasteiger partial charge in [0.15, 0.2) is 0 Å². The number of nitrogens with zero attached hydrogens (tertiary/aromatic N) is 1. The van der Waals surface area contributed by atoms with Crippen LogP contribution in [0.25, 0.3) is 0 Å². The minimum Gasteiger partial charge on any atom is -0.391 e. The molecule has 7 heteroatoms. The Morgan fingerprint density at radius 2 is 2.21 bits per heavy atom. The molecule has 0 amide bonds. The molecule has 102 valence electrons. The fourth-order valence-electron chi connectivity index (χ4n) is 2.16. The van der Waals surface area contributed by atoms with Gasteiger partial charge in [-0.05, 0) is 29.5 Å². The zero-order chi connectivity index (χ0) is 13.5. The van der Waals surface area contributed by atoms with E-state index in [2.05, 4.69) is 0 Å². The highest BCUT2D eigenvalue weighted by molar-refractivity contribution is 7.89. The Hall–Kier alpha value is -0.730. The molecule has 0 saturated carbocycles. The summed E-state index contributed by atoms with van der Waals surface area (Å²) in [6.45, 7) is 0.862. The number of aliphatic hydroxyl groups is 1. The van der Waals surface area contributed by atoms with Gasteiger partial charge in [0.1, 0.15) is 0 Å². The first-order chi connectivity index (χ1) is 9.11. The third-order valence-electron chi connectivity index (χ3n) is 3.20. The van der Waals surface area contributed by atoms with Gasteiger partial charge in [-0.25, -0.2) is 8.42 Å². The molecule has 0 atom stereocenters. The third kappa shape index (κ3) is 2.36. The van der Waals surface area contributed by atoms with Crippen molar-refractivity contribution in [3.8, 4) is 0 Å².